The van der Waals surface area contributed by atoms with Gasteiger partial charge in [-0.1, -0.05) is 0 Å². The fourth-order valence-corrected chi connectivity index (χ4v) is 3.26. The molecule has 1 aromatic heterocycles. The highest BCUT2D eigenvalue weighted by Gasteiger charge is 2.14. The topological polar surface area (TPSA) is 40.8 Å². The van der Waals surface area contributed by atoms with Gasteiger partial charge in [0.05, 0.1) is 0 Å². The number of thioether (sulfide) groups is 1. The van der Waals surface area contributed by atoms with Gasteiger partial charge in [0.2, 0.25) is 0 Å². The Kier molecular flexibility index (Phi) is 3.92. The highest BCUT2D eigenvalue weighted by atomic mass is 32.2. The Hall–Kier alpha value is -0.920. The van der Waals surface area contributed by atoms with E-state index in [1.165, 1.54) is 24.2 Å². The molecule has 1 fully saturated rings. The molecule has 2 heterocycles. The zero-order valence-corrected chi connectivity index (χ0v) is 10.4. The molecule has 1 aliphatic rings. The molecule has 0 saturated carbocycles. The first-order chi connectivity index (χ1) is 7.79. The summed E-state index contributed by atoms with van der Waals surface area (Å²) in [5, 5.41) is 13.1. The van der Waals surface area contributed by atoms with E-state index in [-0.39, 0.29) is 0 Å². The normalized spacial score (nSPS) is 19.9. The molecule has 1 aliphatic heterocycles. The summed E-state index contributed by atoms with van der Waals surface area (Å²) in [5.41, 5.74) is 1.93. The lowest BCUT2D eigenvalue weighted by atomic mass is 10.2. The third-order valence-electron chi connectivity index (χ3n) is 2.90. The van der Waals surface area contributed by atoms with E-state index in [4.69, 9.17) is 5.26 Å². The van der Waals surface area contributed by atoms with Crippen LogP contribution < -0.4 is 5.32 Å². The number of nitrogens with zero attached hydrogens (tertiary/aromatic N) is 2. The van der Waals surface area contributed by atoms with E-state index in [0.29, 0.717) is 0 Å². The number of hydrogen-bond acceptors (Lipinski definition) is 3. The quantitative estimate of drug-likeness (QED) is 0.866. The predicted octanol–water partition coefficient (Wildman–Crippen LogP) is 1.88. The Balaban J connectivity index is 1.78. The van der Waals surface area contributed by atoms with Gasteiger partial charge in [-0.05, 0) is 30.2 Å². The zero-order chi connectivity index (χ0) is 11.4. The SMILES string of the molecule is Cn1cc(CNCC2CCCS2)cc1C#N. The van der Waals surface area contributed by atoms with Gasteiger partial charge in [0.15, 0.2) is 0 Å². The van der Waals surface area contributed by atoms with Crippen molar-refractivity contribution in [2.75, 3.05) is 12.3 Å². The van der Waals surface area contributed by atoms with Crippen molar-refractivity contribution in [3.05, 3.63) is 23.5 Å². The summed E-state index contributed by atoms with van der Waals surface area (Å²) in [6.45, 7) is 1.95. The third-order valence-corrected chi connectivity index (χ3v) is 4.30. The first kappa shape index (κ1) is 11.6. The lowest BCUT2D eigenvalue weighted by Gasteiger charge is -2.08. The number of aromatic nitrogens is 1. The summed E-state index contributed by atoms with van der Waals surface area (Å²) in [6.07, 6.45) is 4.73. The van der Waals surface area contributed by atoms with Crippen LogP contribution >= 0.6 is 11.8 Å². The molecule has 16 heavy (non-hydrogen) atoms. The maximum atomic E-state index is 8.84. The molecule has 3 nitrogen and oxygen atoms in total. The molecule has 86 valence electrons. The van der Waals surface area contributed by atoms with Crippen LogP contribution in [0.4, 0.5) is 0 Å². The molecule has 1 atom stereocenters. The van der Waals surface area contributed by atoms with Crippen molar-refractivity contribution in [3.63, 3.8) is 0 Å². The van der Waals surface area contributed by atoms with Crippen molar-refractivity contribution in [1.82, 2.24) is 9.88 Å². The molecule has 1 aromatic rings. The van der Waals surface area contributed by atoms with Crippen LogP contribution in [-0.4, -0.2) is 22.1 Å². The van der Waals surface area contributed by atoms with Crippen LogP contribution in [0.1, 0.15) is 24.1 Å². The zero-order valence-electron chi connectivity index (χ0n) is 9.57. The third kappa shape index (κ3) is 2.81. The van der Waals surface area contributed by atoms with Gasteiger partial charge in [-0.25, -0.2) is 0 Å². The molecule has 1 saturated heterocycles. The minimum absolute atomic E-state index is 0.729. The van der Waals surface area contributed by atoms with Gasteiger partial charge >= 0.3 is 0 Å². The summed E-state index contributed by atoms with van der Waals surface area (Å²) in [6, 6.07) is 4.13. The van der Waals surface area contributed by atoms with Gasteiger partial charge in [0.1, 0.15) is 11.8 Å². The van der Waals surface area contributed by atoms with Crippen molar-refractivity contribution in [2.24, 2.45) is 7.05 Å². The van der Waals surface area contributed by atoms with E-state index in [1.807, 2.05) is 23.9 Å². The van der Waals surface area contributed by atoms with Crippen molar-refractivity contribution in [3.8, 4) is 6.07 Å². The molecule has 1 unspecified atom stereocenters. The van der Waals surface area contributed by atoms with Gasteiger partial charge in [-0.3, -0.25) is 0 Å². The predicted molar refractivity (Wildman–Crippen MR) is 67.3 cm³/mol. The first-order valence-electron chi connectivity index (χ1n) is 5.67. The molecule has 0 spiro atoms. The monoisotopic (exact) mass is 235 g/mol. The van der Waals surface area contributed by atoms with E-state index >= 15 is 0 Å². The fourth-order valence-electron chi connectivity index (χ4n) is 2.02. The lowest BCUT2D eigenvalue weighted by molar-refractivity contribution is 0.645. The van der Waals surface area contributed by atoms with Crippen LogP contribution in [0.15, 0.2) is 12.3 Å². The molecule has 2 rings (SSSR count). The molecule has 0 amide bonds. The van der Waals surface area contributed by atoms with Crippen LogP contribution in [-0.2, 0) is 13.6 Å². The van der Waals surface area contributed by atoms with Gasteiger partial charge in [0.25, 0.3) is 0 Å². The Bertz CT molecular complexity index is 385. The maximum Gasteiger partial charge on any atom is 0.120 e. The standard InChI is InChI=1S/C12H17N3S/c1-15-9-10(5-11(15)6-13)7-14-8-12-3-2-4-16-12/h5,9,12,14H,2-4,7-8H2,1H3. The highest BCUT2D eigenvalue weighted by molar-refractivity contribution is 8.00. The van der Waals surface area contributed by atoms with Crippen molar-refractivity contribution in [1.29, 1.82) is 5.26 Å². The first-order valence-corrected chi connectivity index (χ1v) is 6.72. The number of rotatable bonds is 4. The van der Waals surface area contributed by atoms with E-state index in [1.54, 1.807) is 0 Å². The van der Waals surface area contributed by atoms with Crippen LogP contribution in [0.25, 0.3) is 0 Å². The number of aryl methyl sites for hydroxylation is 1. The van der Waals surface area contributed by atoms with Crippen molar-refractivity contribution >= 4 is 11.8 Å². The highest BCUT2D eigenvalue weighted by Crippen LogP contribution is 2.25. The maximum absolute atomic E-state index is 8.84. The molecule has 0 bridgehead atoms. The van der Waals surface area contributed by atoms with Crippen LogP contribution in [0.3, 0.4) is 0 Å². The Morgan fingerprint density at radius 1 is 1.69 bits per heavy atom. The minimum atomic E-state index is 0.729. The van der Waals surface area contributed by atoms with Gasteiger partial charge in [0, 0.05) is 31.6 Å². The molecule has 0 aromatic carbocycles. The van der Waals surface area contributed by atoms with Crippen molar-refractivity contribution < 1.29 is 0 Å². The van der Waals surface area contributed by atoms with Gasteiger partial charge < -0.3 is 9.88 Å². The van der Waals surface area contributed by atoms with E-state index in [0.717, 1.165) is 24.0 Å². The Morgan fingerprint density at radius 2 is 2.56 bits per heavy atom. The second kappa shape index (κ2) is 5.42. The van der Waals surface area contributed by atoms with E-state index in [2.05, 4.69) is 23.1 Å². The second-order valence-electron chi connectivity index (χ2n) is 4.22. The largest absolute Gasteiger partial charge is 0.342 e. The molecule has 4 heteroatoms. The number of nitriles is 1. The second-order valence-corrected chi connectivity index (χ2v) is 5.63. The van der Waals surface area contributed by atoms with Crippen molar-refractivity contribution in [2.45, 2.75) is 24.6 Å². The Morgan fingerprint density at radius 3 is 3.19 bits per heavy atom. The number of nitrogens with one attached hydrogen (secondary N) is 1. The van der Waals surface area contributed by atoms with Crippen LogP contribution in [0.2, 0.25) is 0 Å². The molecule has 1 N–H and O–H groups in total. The van der Waals surface area contributed by atoms with Gasteiger partial charge in [-0.15, -0.1) is 0 Å². The summed E-state index contributed by atoms with van der Waals surface area (Å²) in [5.74, 6) is 1.32. The van der Waals surface area contributed by atoms with Crippen LogP contribution in [0.5, 0.6) is 0 Å². The lowest BCUT2D eigenvalue weighted by Crippen LogP contribution is -2.22. The molecular formula is C12H17N3S. The summed E-state index contributed by atoms with van der Waals surface area (Å²) in [7, 11) is 1.91. The summed E-state index contributed by atoms with van der Waals surface area (Å²) in [4.78, 5) is 0. The summed E-state index contributed by atoms with van der Waals surface area (Å²) < 4.78 is 1.88. The average Bonchev–Trinajstić information content (AvgIpc) is 2.88. The van der Waals surface area contributed by atoms with Crippen LogP contribution in [0, 0.1) is 11.3 Å². The fraction of sp³-hybridized carbons (Fsp3) is 0.583. The summed E-state index contributed by atoms with van der Waals surface area (Å²) >= 11 is 2.07. The van der Waals surface area contributed by atoms with Gasteiger partial charge in [-0.2, -0.15) is 17.0 Å². The molecular weight excluding hydrogens is 218 g/mol. The van der Waals surface area contributed by atoms with E-state index in [9.17, 15) is 0 Å². The minimum Gasteiger partial charge on any atom is -0.342 e. The molecule has 0 radical (unpaired) electrons. The Labute approximate surface area is 101 Å². The van der Waals surface area contributed by atoms with E-state index < -0.39 is 0 Å². The molecule has 0 aliphatic carbocycles. The number of hydrogen-bond donors (Lipinski definition) is 1. The smallest absolute Gasteiger partial charge is 0.120 e. The average molecular weight is 235 g/mol.